The smallest absolute Gasteiger partial charge is 0.0603 e. The third kappa shape index (κ3) is 6.73. The van der Waals surface area contributed by atoms with Crippen molar-refractivity contribution in [2.45, 2.75) is 13.8 Å². The molecule has 124 valence electrons. The first-order valence-corrected chi connectivity index (χ1v) is 13.7. The van der Waals surface area contributed by atoms with Gasteiger partial charge in [-0.1, -0.05) is 11.1 Å². The lowest BCUT2D eigenvalue weighted by molar-refractivity contribution is 1.25. The topological polar surface area (TPSA) is 0 Å². The first kappa shape index (κ1) is 20.3. The maximum Gasteiger partial charge on any atom is 0.0603 e. The summed E-state index contributed by atoms with van der Waals surface area (Å²) in [6, 6.07) is 0. The Hall–Kier alpha value is 2.02. The first-order chi connectivity index (χ1) is 10.6. The van der Waals surface area contributed by atoms with Crippen LogP contribution in [0.2, 0.25) is 0 Å². The molecule has 0 saturated heterocycles. The molecule has 0 aliphatic carbocycles. The lowest BCUT2D eigenvalue weighted by atomic mass is 10.2. The fourth-order valence-corrected chi connectivity index (χ4v) is 9.85. The quantitative estimate of drug-likeness (QED) is 0.337. The van der Waals surface area contributed by atoms with Gasteiger partial charge in [-0.05, 0) is 13.8 Å². The van der Waals surface area contributed by atoms with Gasteiger partial charge in [0, 0.05) is 34.5 Å². The summed E-state index contributed by atoms with van der Waals surface area (Å²) in [4.78, 5) is 0. The van der Waals surface area contributed by atoms with Crippen molar-refractivity contribution in [2.24, 2.45) is 0 Å². The number of thioether (sulfide) groups is 6. The van der Waals surface area contributed by atoms with E-state index in [0.29, 0.717) is 0 Å². The van der Waals surface area contributed by atoms with Gasteiger partial charge in [0.1, 0.15) is 0 Å². The zero-order valence-corrected chi connectivity index (χ0v) is 19.3. The van der Waals surface area contributed by atoms with Gasteiger partial charge in [0.15, 0.2) is 0 Å². The monoisotopic (exact) mass is 444 g/mol. The molecule has 0 unspecified atom stereocenters. The van der Waals surface area contributed by atoms with Crippen LogP contribution in [0, 0.1) is 0 Å². The zero-order valence-electron chi connectivity index (χ0n) is 12.6. The molecule has 0 spiro atoms. The predicted octanol–water partition coefficient (Wildman–Crippen LogP) is 6.86. The number of hydrogen-bond donors (Lipinski definition) is 2. The van der Waals surface area contributed by atoms with Gasteiger partial charge in [0.05, 0.1) is 16.9 Å². The molecule has 0 nitrogen and oxygen atoms in total. The molecule has 0 aromatic carbocycles. The lowest BCUT2D eigenvalue weighted by Crippen LogP contribution is -1.96. The molecule has 0 amide bonds. The highest BCUT2D eigenvalue weighted by Crippen LogP contribution is 2.44. The second-order valence-corrected chi connectivity index (χ2v) is 13.1. The third-order valence-electron chi connectivity index (χ3n) is 3.03. The molecule has 0 fully saturated rings. The highest BCUT2D eigenvalue weighted by molar-refractivity contribution is 8.28. The highest BCUT2D eigenvalue weighted by atomic mass is 32.2. The van der Waals surface area contributed by atoms with Crippen LogP contribution in [0.15, 0.2) is 28.1 Å². The molecule has 22 heavy (non-hydrogen) atoms. The fraction of sp³-hybridized carbons (Fsp3) is 0.571. The second-order valence-electron chi connectivity index (χ2n) is 4.72. The maximum atomic E-state index is 4.59. The lowest BCUT2D eigenvalue weighted by Gasteiger charge is -2.17. The van der Waals surface area contributed by atoms with Crippen molar-refractivity contribution in [3.8, 4) is 0 Å². The Morgan fingerprint density at radius 1 is 0.773 bits per heavy atom. The SMILES string of the molecule is C/C(CSC1=C(S)SCCS1)=C(/C)CSC1=C(S)SCCS1. The average molecular weight is 445 g/mol. The van der Waals surface area contributed by atoms with Gasteiger partial charge in [-0.15, -0.1) is 95.8 Å². The molecule has 8 heteroatoms. The predicted molar refractivity (Wildman–Crippen MR) is 125 cm³/mol. The van der Waals surface area contributed by atoms with Crippen molar-refractivity contribution in [1.29, 1.82) is 0 Å². The molecule has 0 radical (unpaired) electrons. The van der Waals surface area contributed by atoms with Crippen molar-refractivity contribution in [3.05, 3.63) is 28.1 Å². The summed E-state index contributed by atoms with van der Waals surface area (Å²) in [5, 5.41) is 0. The van der Waals surface area contributed by atoms with Crippen molar-refractivity contribution in [3.63, 3.8) is 0 Å². The number of hydrogen-bond acceptors (Lipinski definition) is 8. The molecule has 0 aromatic rings. The number of thiol groups is 2. The minimum Gasteiger partial charge on any atom is -0.135 e. The van der Waals surface area contributed by atoms with E-state index in [1.54, 1.807) is 0 Å². The van der Waals surface area contributed by atoms with Crippen molar-refractivity contribution >= 4 is 95.8 Å². The van der Waals surface area contributed by atoms with E-state index in [9.17, 15) is 0 Å². The molecule has 2 aliphatic heterocycles. The van der Waals surface area contributed by atoms with Crippen LogP contribution >= 0.6 is 95.8 Å². The van der Waals surface area contributed by atoms with Crippen LogP contribution in [0.25, 0.3) is 0 Å². The van der Waals surface area contributed by atoms with Gasteiger partial charge in [-0.25, -0.2) is 0 Å². The van der Waals surface area contributed by atoms with E-state index in [4.69, 9.17) is 0 Å². The standard InChI is InChI=1S/C14H20S8/c1-9(7-21-13-11(15)17-3-5-19-13)10(2)8-22-14-12(16)18-4-6-20-14/h15-16H,3-8H2,1-2H3/b10-9+. The van der Waals surface area contributed by atoms with Crippen molar-refractivity contribution in [2.75, 3.05) is 34.5 Å². The maximum absolute atomic E-state index is 4.59. The van der Waals surface area contributed by atoms with Gasteiger partial charge in [0.25, 0.3) is 0 Å². The summed E-state index contributed by atoms with van der Waals surface area (Å²) in [6.07, 6.45) is 0. The minimum absolute atomic E-state index is 1.08. The van der Waals surface area contributed by atoms with Gasteiger partial charge in [-0.2, -0.15) is 0 Å². The molecule has 0 aromatic heterocycles. The first-order valence-electron chi connectivity index (χ1n) is 6.86. The Bertz CT molecular complexity index is 447. The molecule has 0 atom stereocenters. The molecule has 0 N–H and O–H groups in total. The Labute approximate surface area is 170 Å². The molecule has 0 saturated carbocycles. The van der Waals surface area contributed by atoms with Crippen molar-refractivity contribution in [1.82, 2.24) is 0 Å². The Kier molecular flexibility index (Phi) is 10.1. The summed E-state index contributed by atoms with van der Waals surface area (Å²) in [5.74, 6) is 6.96. The summed E-state index contributed by atoms with van der Waals surface area (Å²) < 4.78 is 5.22. The van der Waals surface area contributed by atoms with Gasteiger partial charge in [0.2, 0.25) is 0 Å². The normalized spacial score (nSPS) is 21.3. The summed E-state index contributed by atoms with van der Waals surface area (Å²) in [5.41, 5.74) is 2.99. The summed E-state index contributed by atoms with van der Waals surface area (Å²) in [7, 11) is 0. The third-order valence-corrected chi connectivity index (χ3v) is 12.9. The summed E-state index contributed by atoms with van der Waals surface area (Å²) in [6.45, 7) is 4.53. The van der Waals surface area contributed by atoms with E-state index in [0.717, 1.165) is 11.5 Å². The average Bonchev–Trinajstić information content (AvgIpc) is 2.52. The largest absolute Gasteiger partial charge is 0.135 e. The number of rotatable bonds is 6. The molecule has 0 bridgehead atoms. The fourth-order valence-electron chi connectivity index (χ4n) is 1.59. The van der Waals surface area contributed by atoms with Crippen LogP contribution in [0.3, 0.4) is 0 Å². The van der Waals surface area contributed by atoms with Crippen LogP contribution < -0.4 is 0 Å². The van der Waals surface area contributed by atoms with Gasteiger partial charge < -0.3 is 0 Å². The van der Waals surface area contributed by atoms with Crippen LogP contribution in [-0.2, 0) is 0 Å². The molecular formula is C14H20S8. The second kappa shape index (κ2) is 10.9. The van der Waals surface area contributed by atoms with E-state index >= 15 is 0 Å². The zero-order chi connectivity index (χ0) is 15.9. The minimum atomic E-state index is 1.08. The summed E-state index contributed by atoms with van der Waals surface area (Å²) >= 11 is 20.7. The van der Waals surface area contributed by atoms with E-state index in [1.807, 2.05) is 70.6 Å². The van der Waals surface area contributed by atoms with Gasteiger partial charge >= 0.3 is 0 Å². The van der Waals surface area contributed by atoms with Crippen LogP contribution in [0.4, 0.5) is 0 Å². The van der Waals surface area contributed by atoms with Crippen LogP contribution in [0.5, 0.6) is 0 Å². The Morgan fingerprint density at radius 2 is 1.14 bits per heavy atom. The van der Waals surface area contributed by atoms with E-state index in [-0.39, 0.29) is 0 Å². The molecule has 2 rings (SSSR count). The van der Waals surface area contributed by atoms with Crippen LogP contribution in [0.1, 0.15) is 13.8 Å². The highest BCUT2D eigenvalue weighted by Gasteiger charge is 2.14. The van der Waals surface area contributed by atoms with Crippen molar-refractivity contribution < 1.29 is 0 Å². The molecular weight excluding hydrogens is 425 g/mol. The molecule has 2 aliphatic rings. The van der Waals surface area contributed by atoms with Gasteiger partial charge in [-0.3, -0.25) is 0 Å². The van der Waals surface area contributed by atoms with E-state index in [1.165, 1.54) is 51.1 Å². The van der Waals surface area contributed by atoms with Crippen LogP contribution in [-0.4, -0.2) is 34.5 Å². The Balaban J connectivity index is 1.84. The Morgan fingerprint density at radius 3 is 1.50 bits per heavy atom. The van der Waals surface area contributed by atoms with E-state index in [2.05, 4.69) is 39.1 Å². The molecule has 2 heterocycles. The van der Waals surface area contributed by atoms with E-state index < -0.39 is 0 Å².